The number of carbonyl (C=O) groups is 1. The topological polar surface area (TPSA) is 75.9 Å². The molecular formula is C20H24N6O. The van der Waals surface area contributed by atoms with Crippen LogP contribution < -0.4 is 10.2 Å². The van der Waals surface area contributed by atoms with Gasteiger partial charge in [0.1, 0.15) is 5.82 Å². The Morgan fingerprint density at radius 1 is 1.30 bits per heavy atom. The Labute approximate surface area is 158 Å². The quantitative estimate of drug-likeness (QED) is 0.753. The number of benzene rings is 1. The molecule has 7 heteroatoms. The van der Waals surface area contributed by atoms with E-state index >= 15 is 0 Å². The number of para-hydroxylation sites is 2. The normalized spacial score (nSPS) is 17.2. The predicted octanol–water partition coefficient (Wildman–Crippen LogP) is 3.09. The van der Waals surface area contributed by atoms with Gasteiger partial charge < -0.3 is 9.47 Å². The summed E-state index contributed by atoms with van der Waals surface area (Å²) in [6, 6.07) is 8.00. The molecule has 1 aromatic carbocycles. The summed E-state index contributed by atoms with van der Waals surface area (Å²) in [5, 5.41) is 3.08. The molecule has 1 saturated heterocycles. The molecule has 1 aliphatic rings. The number of hydrogen-bond acceptors (Lipinski definition) is 5. The number of rotatable bonds is 5. The molecule has 2 aromatic heterocycles. The van der Waals surface area contributed by atoms with Crippen LogP contribution in [0.25, 0.3) is 11.0 Å². The zero-order chi connectivity index (χ0) is 18.6. The van der Waals surface area contributed by atoms with Crippen molar-refractivity contribution in [2.45, 2.75) is 32.7 Å². The van der Waals surface area contributed by atoms with Crippen LogP contribution in [-0.2, 0) is 11.3 Å². The molecule has 0 aliphatic carbocycles. The highest BCUT2D eigenvalue weighted by Gasteiger charge is 2.27. The first-order valence-electron chi connectivity index (χ1n) is 9.53. The van der Waals surface area contributed by atoms with Crippen molar-refractivity contribution in [2.24, 2.45) is 5.92 Å². The largest absolute Gasteiger partial charge is 0.355 e. The lowest BCUT2D eigenvalue weighted by atomic mass is 9.97. The molecule has 1 aliphatic heterocycles. The molecule has 0 saturated carbocycles. The van der Waals surface area contributed by atoms with Crippen LogP contribution in [0.15, 0.2) is 42.9 Å². The van der Waals surface area contributed by atoms with Gasteiger partial charge in [-0.15, -0.1) is 0 Å². The van der Waals surface area contributed by atoms with E-state index in [2.05, 4.69) is 36.7 Å². The highest BCUT2D eigenvalue weighted by Crippen LogP contribution is 2.24. The van der Waals surface area contributed by atoms with Crippen molar-refractivity contribution in [1.82, 2.24) is 19.5 Å². The lowest BCUT2D eigenvalue weighted by Gasteiger charge is -2.32. The van der Waals surface area contributed by atoms with E-state index in [4.69, 9.17) is 0 Å². The number of anilines is 2. The average Bonchev–Trinajstić information content (AvgIpc) is 3.06. The van der Waals surface area contributed by atoms with E-state index < -0.39 is 0 Å². The molecule has 4 rings (SSSR count). The van der Waals surface area contributed by atoms with Crippen LogP contribution >= 0.6 is 0 Å². The Morgan fingerprint density at radius 3 is 3.00 bits per heavy atom. The van der Waals surface area contributed by atoms with Crippen LogP contribution in [0.3, 0.4) is 0 Å². The number of nitrogens with one attached hydrogen (secondary N) is 1. The van der Waals surface area contributed by atoms with Crippen LogP contribution in [-0.4, -0.2) is 38.5 Å². The van der Waals surface area contributed by atoms with Crippen molar-refractivity contribution in [3.63, 3.8) is 0 Å². The monoisotopic (exact) mass is 364 g/mol. The zero-order valence-corrected chi connectivity index (χ0v) is 15.5. The first-order chi connectivity index (χ1) is 13.3. The number of piperidine rings is 1. The minimum absolute atomic E-state index is 0.0243. The Bertz CT molecular complexity index is 923. The number of hydrogen-bond donors (Lipinski definition) is 1. The molecule has 3 aromatic rings. The van der Waals surface area contributed by atoms with Gasteiger partial charge in [-0.25, -0.2) is 9.97 Å². The molecule has 1 atom stereocenters. The average molecular weight is 364 g/mol. The van der Waals surface area contributed by atoms with E-state index in [1.54, 1.807) is 18.6 Å². The van der Waals surface area contributed by atoms with Gasteiger partial charge >= 0.3 is 0 Å². The molecular weight excluding hydrogens is 340 g/mol. The fourth-order valence-electron chi connectivity index (χ4n) is 3.69. The van der Waals surface area contributed by atoms with Gasteiger partial charge in [0.15, 0.2) is 0 Å². The van der Waals surface area contributed by atoms with Crippen LogP contribution in [0.5, 0.6) is 0 Å². The Kier molecular flexibility index (Phi) is 5.00. The van der Waals surface area contributed by atoms with E-state index in [1.807, 2.05) is 24.3 Å². The first kappa shape index (κ1) is 17.5. The van der Waals surface area contributed by atoms with Gasteiger partial charge in [-0.05, 0) is 31.4 Å². The highest BCUT2D eigenvalue weighted by molar-refractivity contribution is 5.93. The van der Waals surface area contributed by atoms with E-state index in [0.29, 0.717) is 12.5 Å². The SMILES string of the molecule is CCCn1c(NC(=O)[C@@H]2CCCN(c3cnccn3)C2)nc2ccccc21. The molecule has 0 radical (unpaired) electrons. The van der Waals surface area contributed by atoms with E-state index in [1.165, 1.54) is 0 Å². The molecule has 1 N–H and O–H groups in total. The molecule has 0 spiro atoms. The number of amides is 1. The van der Waals surface area contributed by atoms with Gasteiger partial charge in [0, 0.05) is 32.0 Å². The predicted molar refractivity (Wildman–Crippen MR) is 106 cm³/mol. The van der Waals surface area contributed by atoms with Gasteiger partial charge in [-0.3, -0.25) is 15.1 Å². The maximum Gasteiger partial charge on any atom is 0.231 e. The summed E-state index contributed by atoms with van der Waals surface area (Å²) in [5.41, 5.74) is 1.96. The summed E-state index contributed by atoms with van der Waals surface area (Å²) < 4.78 is 2.09. The van der Waals surface area contributed by atoms with Crippen molar-refractivity contribution in [3.05, 3.63) is 42.9 Å². The maximum absolute atomic E-state index is 13.0. The number of nitrogens with zero attached hydrogens (tertiary/aromatic N) is 5. The van der Waals surface area contributed by atoms with Crippen molar-refractivity contribution < 1.29 is 4.79 Å². The molecule has 3 heterocycles. The number of fused-ring (bicyclic) bond motifs is 1. The second kappa shape index (κ2) is 7.73. The summed E-state index contributed by atoms with van der Waals surface area (Å²) in [6.45, 7) is 4.50. The third-order valence-corrected chi connectivity index (χ3v) is 5.00. The number of imidazole rings is 1. The third kappa shape index (κ3) is 3.63. The van der Waals surface area contributed by atoms with Gasteiger partial charge in [0.05, 0.1) is 23.1 Å². The molecule has 0 unspecified atom stereocenters. The number of aryl methyl sites for hydroxylation is 1. The first-order valence-corrected chi connectivity index (χ1v) is 9.53. The van der Waals surface area contributed by atoms with Gasteiger partial charge in [-0.1, -0.05) is 19.1 Å². The molecule has 1 fully saturated rings. The summed E-state index contributed by atoms with van der Waals surface area (Å²) >= 11 is 0. The Balaban J connectivity index is 1.52. The van der Waals surface area contributed by atoms with Gasteiger partial charge in [0.2, 0.25) is 11.9 Å². The van der Waals surface area contributed by atoms with Gasteiger partial charge in [0.25, 0.3) is 0 Å². The Hall–Kier alpha value is -2.96. The standard InChI is InChI=1S/C20H24N6O/c1-2-11-26-17-8-4-3-7-16(17)23-20(26)24-19(27)15-6-5-12-25(14-15)18-13-21-9-10-22-18/h3-4,7-10,13,15H,2,5-6,11-12,14H2,1H3,(H,23,24,27)/t15-/m1/s1. The zero-order valence-electron chi connectivity index (χ0n) is 15.5. The fourth-order valence-corrected chi connectivity index (χ4v) is 3.69. The minimum Gasteiger partial charge on any atom is -0.355 e. The lowest BCUT2D eigenvalue weighted by Crippen LogP contribution is -2.41. The summed E-state index contributed by atoms with van der Waals surface area (Å²) in [5.74, 6) is 1.40. The second-order valence-corrected chi connectivity index (χ2v) is 6.91. The van der Waals surface area contributed by atoms with Crippen LogP contribution in [0.1, 0.15) is 26.2 Å². The van der Waals surface area contributed by atoms with Crippen LogP contribution in [0, 0.1) is 5.92 Å². The molecule has 0 bridgehead atoms. The van der Waals surface area contributed by atoms with E-state index in [9.17, 15) is 4.79 Å². The Morgan fingerprint density at radius 2 is 2.19 bits per heavy atom. The van der Waals surface area contributed by atoms with E-state index in [0.717, 1.165) is 49.2 Å². The molecule has 7 nitrogen and oxygen atoms in total. The minimum atomic E-state index is -0.0874. The summed E-state index contributed by atoms with van der Waals surface area (Å²) in [4.78, 5) is 28.2. The highest BCUT2D eigenvalue weighted by atomic mass is 16.2. The number of aromatic nitrogens is 4. The van der Waals surface area contributed by atoms with Crippen LogP contribution in [0.2, 0.25) is 0 Å². The van der Waals surface area contributed by atoms with Crippen molar-refractivity contribution in [3.8, 4) is 0 Å². The lowest BCUT2D eigenvalue weighted by molar-refractivity contribution is -0.120. The molecule has 140 valence electrons. The molecule has 27 heavy (non-hydrogen) atoms. The second-order valence-electron chi connectivity index (χ2n) is 6.91. The molecule has 1 amide bonds. The maximum atomic E-state index is 13.0. The van der Waals surface area contributed by atoms with Crippen molar-refractivity contribution >= 4 is 28.7 Å². The fraction of sp³-hybridized carbons (Fsp3) is 0.400. The van der Waals surface area contributed by atoms with Crippen molar-refractivity contribution in [1.29, 1.82) is 0 Å². The summed E-state index contributed by atoms with van der Waals surface area (Å²) in [7, 11) is 0. The van der Waals surface area contributed by atoms with E-state index in [-0.39, 0.29) is 11.8 Å². The number of carbonyl (C=O) groups excluding carboxylic acids is 1. The third-order valence-electron chi connectivity index (χ3n) is 5.00. The van der Waals surface area contributed by atoms with Crippen molar-refractivity contribution in [2.75, 3.05) is 23.3 Å². The van der Waals surface area contributed by atoms with Gasteiger partial charge in [-0.2, -0.15) is 0 Å². The smallest absolute Gasteiger partial charge is 0.231 e. The summed E-state index contributed by atoms with van der Waals surface area (Å²) in [6.07, 6.45) is 7.91. The van der Waals surface area contributed by atoms with Crippen LogP contribution in [0.4, 0.5) is 11.8 Å².